The molecule has 2 heterocycles. The van der Waals surface area contributed by atoms with Gasteiger partial charge in [-0.15, -0.1) is 4.83 Å². The number of sulfonamides is 1. The summed E-state index contributed by atoms with van der Waals surface area (Å²) < 4.78 is 24.4. The van der Waals surface area contributed by atoms with Crippen molar-refractivity contribution in [2.24, 2.45) is 0 Å². The molecule has 1 aliphatic heterocycles. The van der Waals surface area contributed by atoms with Gasteiger partial charge in [0.1, 0.15) is 0 Å². The fourth-order valence-electron chi connectivity index (χ4n) is 2.05. The number of hydrazine groups is 1. The van der Waals surface area contributed by atoms with E-state index in [9.17, 15) is 8.42 Å². The Morgan fingerprint density at radius 1 is 1.39 bits per heavy atom. The van der Waals surface area contributed by atoms with Crippen LogP contribution in [0.15, 0.2) is 11.2 Å². The molecule has 0 radical (unpaired) electrons. The largest absolute Gasteiger partial charge is 0.316 e. The molecule has 102 valence electrons. The Morgan fingerprint density at radius 3 is 2.78 bits per heavy atom. The van der Waals surface area contributed by atoms with E-state index in [0.717, 1.165) is 32.4 Å². The molecule has 3 N–H and O–H groups in total. The Bertz CT molecular complexity index is 478. The third-order valence-corrected chi connectivity index (χ3v) is 4.31. The molecule has 1 aromatic rings. The zero-order valence-corrected chi connectivity index (χ0v) is 11.3. The summed E-state index contributed by atoms with van der Waals surface area (Å²) in [7, 11) is -1.79. The smallest absolute Gasteiger partial charge is 0.270 e. The lowest BCUT2D eigenvalue weighted by Crippen LogP contribution is -2.45. The molecule has 1 fully saturated rings. The van der Waals surface area contributed by atoms with Crippen molar-refractivity contribution in [3.8, 4) is 0 Å². The summed E-state index contributed by atoms with van der Waals surface area (Å²) in [5.41, 5.74) is 0.641. The van der Waals surface area contributed by atoms with Crippen molar-refractivity contribution < 1.29 is 8.42 Å². The van der Waals surface area contributed by atoms with E-state index in [1.807, 2.05) is 0 Å². The maximum absolute atomic E-state index is 12.2. The van der Waals surface area contributed by atoms with Crippen LogP contribution >= 0.6 is 0 Å². The van der Waals surface area contributed by atoms with E-state index in [1.165, 1.54) is 6.20 Å². The van der Waals surface area contributed by atoms with E-state index < -0.39 is 10.0 Å². The highest BCUT2D eigenvalue weighted by molar-refractivity contribution is 7.89. The van der Waals surface area contributed by atoms with Gasteiger partial charge in [-0.2, -0.15) is 5.10 Å². The summed E-state index contributed by atoms with van der Waals surface area (Å²) in [5.74, 6) is 0. The van der Waals surface area contributed by atoms with Crippen LogP contribution in [0.3, 0.4) is 0 Å². The number of hydrogen-bond acceptors (Lipinski definition) is 5. The first-order chi connectivity index (χ1) is 8.63. The van der Waals surface area contributed by atoms with Gasteiger partial charge in [-0.1, -0.05) is 6.42 Å². The Labute approximate surface area is 107 Å². The number of nitrogens with zero attached hydrogens (tertiary/aromatic N) is 2. The molecule has 0 spiro atoms. The summed E-state index contributed by atoms with van der Waals surface area (Å²) >= 11 is 0. The zero-order valence-electron chi connectivity index (χ0n) is 10.4. The van der Waals surface area contributed by atoms with Crippen LogP contribution in [0.2, 0.25) is 0 Å². The maximum atomic E-state index is 12.2. The van der Waals surface area contributed by atoms with Crippen molar-refractivity contribution >= 4 is 10.0 Å². The molecule has 1 aliphatic rings. The van der Waals surface area contributed by atoms with Crippen molar-refractivity contribution in [2.45, 2.75) is 30.8 Å². The SMILES string of the molecule is CNCc1cn[nH]c1S(=O)(=O)NN1CCCCC1. The number of piperidine rings is 1. The van der Waals surface area contributed by atoms with Crippen molar-refractivity contribution in [2.75, 3.05) is 20.1 Å². The number of nitrogens with one attached hydrogen (secondary N) is 3. The minimum absolute atomic E-state index is 0.141. The molecule has 1 aromatic heterocycles. The minimum atomic E-state index is -3.55. The summed E-state index contributed by atoms with van der Waals surface area (Å²) in [6.45, 7) is 1.98. The third kappa shape index (κ3) is 3.08. The van der Waals surface area contributed by atoms with Gasteiger partial charge in [0, 0.05) is 25.2 Å². The Morgan fingerprint density at radius 2 is 2.11 bits per heavy atom. The molecule has 8 heteroatoms. The Balaban J connectivity index is 2.11. The van der Waals surface area contributed by atoms with Gasteiger partial charge in [0.05, 0.1) is 6.20 Å². The van der Waals surface area contributed by atoms with E-state index in [2.05, 4.69) is 20.3 Å². The average molecular weight is 273 g/mol. The quantitative estimate of drug-likeness (QED) is 0.692. The van der Waals surface area contributed by atoms with E-state index >= 15 is 0 Å². The van der Waals surface area contributed by atoms with Gasteiger partial charge >= 0.3 is 0 Å². The lowest BCUT2D eigenvalue weighted by molar-refractivity contribution is 0.199. The molecule has 2 rings (SSSR count). The predicted octanol–water partition coefficient (Wildman–Crippen LogP) is -0.192. The molecule has 0 aliphatic carbocycles. The number of aromatic nitrogens is 2. The molecular weight excluding hydrogens is 254 g/mol. The molecule has 0 unspecified atom stereocenters. The van der Waals surface area contributed by atoms with Crippen LogP contribution in [-0.2, 0) is 16.6 Å². The molecule has 7 nitrogen and oxygen atoms in total. The highest BCUT2D eigenvalue weighted by Crippen LogP contribution is 2.13. The first kappa shape index (κ1) is 13.5. The van der Waals surface area contributed by atoms with E-state index in [1.54, 1.807) is 12.1 Å². The van der Waals surface area contributed by atoms with Crippen molar-refractivity contribution in [1.29, 1.82) is 0 Å². The molecule has 18 heavy (non-hydrogen) atoms. The van der Waals surface area contributed by atoms with Crippen LogP contribution in [0.1, 0.15) is 24.8 Å². The lowest BCUT2D eigenvalue weighted by atomic mass is 10.2. The van der Waals surface area contributed by atoms with Gasteiger partial charge < -0.3 is 5.32 Å². The topological polar surface area (TPSA) is 90.1 Å². The molecule has 1 saturated heterocycles. The van der Waals surface area contributed by atoms with Crippen molar-refractivity contribution in [1.82, 2.24) is 25.4 Å². The molecule has 0 saturated carbocycles. The minimum Gasteiger partial charge on any atom is -0.316 e. The molecule has 0 atom stereocenters. The van der Waals surface area contributed by atoms with Crippen molar-refractivity contribution in [3.63, 3.8) is 0 Å². The molecule has 0 aromatic carbocycles. The van der Waals surface area contributed by atoms with E-state index in [-0.39, 0.29) is 5.03 Å². The standard InChI is InChI=1S/C10H19N5O2S/c1-11-7-9-8-12-13-10(9)18(16,17)14-15-5-3-2-4-6-15/h8,11,14H,2-7H2,1H3,(H,12,13). The Hall–Kier alpha value is -0.960. The van der Waals surface area contributed by atoms with Gasteiger partial charge in [0.15, 0.2) is 5.03 Å². The van der Waals surface area contributed by atoms with Gasteiger partial charge in [0.2, 0.25) is 0 Å². The fourth-order valence-corrected chi connectivity index (χ4v) is 3.31. The first-order valence-electron chi connectivity index (χ1n) is 6.08. The van der Waals surface area contributed by atoms with E-state index in [4.69, 9.17) is 0 Å². The maximum Gasteiger partial charge on any atom is 0.270 e. The fraction of sp³-hybridized carbons (Fsp3) is 0.700. The predicted molar refractivity (Wildman–Crippen MR) is 67.1 cm³/mol. The molecule has 0 amide bonds. The summed E-state index contributed by atoms with van der Waals surface area (Å²) in [6.07, 6.45) is 4.73. The second kappa shape index (κ2) is 5.79. The van der Waals surface area contributed by atoms with Crippen LogP contribution < -0.4 is 10.1 Å². The first-order valence-corrected chi connectivity index (χ1v) is 7.56. The molecule has 0 bridgehead atoms. The average Bonchev–Trinajstić information content (AvgIpc) is 2.79. The number of aromatic amines is 1. The second-order valence-corrected chi connectivity index (χ2v) is 5.99. The third-order valence-electron chi connectivity index (χ3n) is 2.92. The number of hydrogen-bond donors (Lipinski definition) is 3. The zero-order chi connectivity index (χ0) is 13.0. The highest BCUT2D eigenvalue weighted by Gasteiger charge is 2.24. The van der Waals surface area contributed by atoms with Crippen LogP contribution in [0.5, 0.6) is 0 Å². The number of H-pyrrole nitrogens is 1. The number of rotatable bonds is 5. The summed E-state index contributed by atoms with van der Waals surface area (Å²) in [4.78, 5) is 2.60. The van der Waals surface area contributed by atoms with Gasteiger partial charge in [-0.25, -0.2) is 13.4 Å². The lowest BCUT2D eigenvalue weighted by Gasteiger charge is -2.26. The second-order valence-electron chi connectivity index (χ2n) is 4.40. The normalized spacial score (nSPS) is 18.1. The summed E-state index contributed by atoms with van der Waals surface area (Å²) in [5, 5.41) is 11.2. The van der Waals surface area contributed by atoms with Crippen LogP contribution in [-0.4, -0.2) is 43.8 Å². The van der Waals surface area contributed by atoms with Crippen LogP contribution in [0.25, 0.3) is 0 Å². The molecular formula is C10H19N5O2S. The van der Waals surface area contributed by atoms with Gasteiger partial charge in [-0.05, 0) is 19.9 Å². The van der Waals surface area contributed by atoms with Crippen LogP contribution in [0.4, 0.5) is 0 Å². The summed E-state index contributed by atoms with van der Waals surface area (Å²) in [6, 6.07) is 0. The van der Waals surface area contributed by atoms with Crippen LogP contribution in [0, 0.1) is 0 Å². The monoisotopic (exact) mass is 273 g/mol. The van der Waals surface area contributed by atoms with E-state index in [0.29, 0.717) is 12.1 Å². The van der Waals surface area contributed by atoms with Gasteiger partial charge in [-0.3, -0.25) is 5.10 Å². The van der Waals surface area contributed by atoms with Crippen molar-refractivity contribution in [3.05, 3.63) is 11.8 Å². The Kier molecular flexibility index (Phi) is 4.33. The highest BCUT2D eigenvalue weighted by atomic mass is 32.2. The van der Waals surface area contributed by atoms with Gasteiger partial charge in [0.25, 0.3) is 10.0 Å².